The lowest BCUT2D eigenvalue weighted by atomic mass is 9.48. The SMILES string of the molecule is C=C(C)C(=O)OC12CC3(OCCCCCC4(CC)CCO4)CC(OCCCCCC4(CC)CCO4)(CC(OCCCCCC4(CC)CCO4)(C3)C1)C2. The molecule has 4 saturated carbocycles. The highest BCUT2D eigenvalue weighted by atomic mass is 16.6. The number of rotatable bonds is 26. The fourth-order valence-electron chi connectivity index (χ4n) is 11.3. The van der Waals surface area contributed by atoms with Gasteiger partial charge in [0, 0.05) is 63.9 Å². The van der Waals surface area contributed by atoms with Crippen molar-refractivity contribution in [1.29, 1.82) is 0 Å². The molecule has 0 aromatic heterocycles. The summed E-state index contributed by atoms with van der Waals surface area (Å²) in [6.07, 6.45) is 24.9. The molecule has 8 nitrogen and oxygen atoms in total. The first-order valence-corrected chi connectivity index (χ1v) is 21.7. The lowest BCUT2D eigenvalue weighted by Gasteiger charge is -2.68. The van der Waals surface area contributed by atoms with E-state index < -0.39 is 22.4 Å². The van der Waals surface area contributed by atoms with Gasteiger partial charge in [0.05, 0.1) is 53.4 Å². The molecule has 7 aliphatic rings. The van der Waals surface area contributed by atoms with E-state index >= 15 is 0 Å². The van der Waals surface area contributed by atoms with Gasteiger partial charge < -0.3 is 33.2 Å². The zero-order valence-corrected chi connectivity index (χ0v) is 33.7. The van der Waals surface area contributed by atoms with Gasteiger partial charge >= 0.3 is 5.97 Å². The minimum atomic E-state index is -0.677. The molecule has 0 aromatic carbocycles. The fourth-order valence-corrected chi connectivity index (χ4v) is 11.3. The summed E-state index contributed by atoms with van der Waals surface area (Å²) in [5, 5.41) is 0. The third kappa shape index (κ3) is 9.32. The van der Waals surface area contributed by atoms with E-state index in [1.807, 2.05) is 0 Å². The monoisotopic (exact) mass is 731 g/mol. The van der Waals surface area contributed by atoms with Crippen LogP contribution in [0.5, 0.6) is 0 Å². The molecule has 7 fully saturated rings. The molecule has 7 rings (SSSR count). The van der Waals surface area contributed by atoms with Crippen LogP contribution < -0.4 is 0 Å². The lowest BCUT2D eigenvalue weighted by molar-refractivity contribution is -0.327. The molecule has 3 atom stereocenters. The number of esters is 1. The highest BCUT2D eigenvalue weighted by Crippen LogP contribution is 2.65. The summed E-state index contributed by atoms with van der Waals surface area (Å²) in [6, 6.07) is 0. The quantitative estimate of drug-likeness (QED) is 0.0495. The van der Waals surface area contributed by atoms with E-state index in [1.165, 1.54) is 38.5 Å². The zero-order chi connectivity index (χ0) is 36.8. The predicted molar refractivity (Wildman–Crippen MR) is 204 cm³/mol. The van der Waals surface area contributed by atoms with Crippen molar-refractivity contribution in [3.63, 3.8) is 0 Å². The minimum Gasteiger partial charge on any atom is -0.455 e. The van der Waals surface area contributed by atoms with Crippen molar-refractivity contribution in [2.24, 2.45) is 0 Å². The van der Waals surface area contributed by atoms with Crippen LogP contribution >= 0.6 is 0 Å². The van der Waals surface area contributed by atoms with E-state index in [2.05, 4.69) is 27.4 Å². The van der Waals surface area contributed by atoms with Crippen LogP contribution in [0.3, 0.4) is 0 Å². The van der Waals surface area contributed by atoms with E-state index in [4.69, 9.17) is 33.2 Å². The Kier molecular flexibility index (Phi) is 13.3. The van der Waals surface area contributed by atoms with Gasteiger partial charge in [-0.25, -0.2) is 4.79 Å². The summed E-state index contributed by atoms with van der Waals surface area (Å²) in [7, 11) is 0. The molecule has 8 heteroatoms. The summed E-state index contributed by atoms with van der Waals surface area (Å²) in [5.74, 6) is -0.309. The summed E-state index contributed by atoms with van der Waals surface area (Å²) in [6.45, 7) is 17.3. The molecule has 4 bridgehead atoms. The topological polar surface area (TPSA) is 81.7 Å². The van der Waals surface area contributed by atoms with E-state index in [-0.39, 0.29) is 22.8 Å². The molecule has 0 amide bonds. The Morgan fingerprint density at radius 2 is 0.827 bits per heavy atom. The first-order chi connectivity index (χ1) is 25.0. The smallest absolute Gasteiger partial charge is 0.333 e. The number of carbonyl (C=O) groups excluding carboxylic acids is 1. The van der Waals surface area contributed by atoms with Crippen LogP contribution in [-0.4, -0.2) is 84.8 Å². The van der Waals surface area contributed by atoms with E-state index in [1.54, 1.807) is 6.92 Å². The molecule has 0 spiro atoms. The van der Waals surface area contributed by atoms with Gasteiger partial charge in [-0.1, -0.05) is 65.9 Å². The van der Waals surface area contributed by atoms with E-state index in [0.29, 0.717) is 44.7 Å². The standard InChI is InChI=1S/C44H74O8/c1-6-38(21-27-49-38)18-12-9-15-24-46-41-30-42(47-25-16-10-13-19-39(7-2)22-28-50-39)32-43(31-41,35-44(33-41,34-42)52-37(45)36(4)5)48-26-17-11-14-20-40(8-3)23-29-51-40/h4,6-35H2,1-3,5H3. The third-order valence-electron chi connectivity index (χ3n) is 14.4. The van der Waals surface area contributed by atoms with Crippen LogP contribution in [-0.2, 0) is 38.0 Å². The fraction of sp³-hybridized carbons (Fsp3) is 0.932. The molecule has 0 N–H and O–H groups in total. The number of hydrogen-bond donors (Lipinski definition) is 0. The van der Waals surface area contributed by atoms with Crippen molar-refractivity contribution in [2.45, 2.75) is 221 Å². The highest BCUT2D eigenvalue weighted by Gasteiger charge is 2.72. The molecule has 0 radical (unpaired) electrons. The van der Waals surface area contributed by atoms with Gasteiger partial charge in [0.1, 0.15) is 5.60 Å². The molecule has 52 heavy (non-hydrogen) atoms. The highest BCUT2D eigenvalue weighted by molar-refractivity contribution is 5.87. The predicted octanol–water partition coefficient (Wildman–Crippen LogP) is 9.88. The molecule has 3 heterocycles. The number of carbonyl (C=O) groups is 1. The van der Waals surface area contributed by atoms with Gasteiger partial charge in [-0.15, -0.1) is 0 Å². The van der Waals surface area contributed by atoms with E-state index in [0.717, 1.165) is 116 Å². The summed E-state index contributed by atoms with van der Waals surface area (Å²) in [5.41, 5.74) is -1.17. The summed E-state index contributed by atoms with van der Waals surface area (Å²) in [4.78, 5) is 13.3. The Labute approximate surface area is 316 Å². The third-order valence-corrected chi connectivity index (χ3v) is 14.4. The van der Waals surface area contributed by atoms with Crippen molar-refractivity contribution < 1.29 is 38.0 Å². The maximum Gasteiger partial charge on any atom is 0.333 e. The van der Waals surface area contributed by atoms with Crippen LogP contribution in [0.2, 0.25) is 0 Å². The number of unbranched alkanes of at least 4 members (excludes halogenated alkanes) is 6. The normalized spacial score (nSPS) is 38.8. The first-order valence-electron chi connectivity index (χ1n) is 21.7. The Bertz CT molecular complexity index is 1040. The second-order valence-electron chi connectivity index (χ2n) is 18.3. The van der Waals surface area contributed by atoms with Crippen LogP contribution in [0.25, 0.3) is 0 Å². The average Bonchev–Trinajstić information content (AvgIpc) is 3.04. The summed E-state index contributed by atoms with van der Waals surface area (Å²) >= 11 is 0. The molecular weight excluding hydrogens is 656 g/mol. The van der Waals surface area contributed by atoms with Gasteiger partial charge in [-0.3, -0.25) is 0 Å². The van der Waals surface area contributed by atoms with Gasteiger partial charge in [-0.05, 0) is 84.0 Å². The van der Waals surface area contributed by atoms with Crippen LogP contribution in [0.15, 0.2) is 12.2 Å². The molecule has 3 aliphatic heterocycles. The Hall–Kier alpha value is -1.03. The van der Waals surface area contributed by atoms with E-state index in [9.17, 15) is 4.79 Å². The Balaban J connectivity index is 1.10. The lowest BCUT2D eigenvalue weighted by Crippen LogP contribution is -2.74. The van der Waals surface area contributed by atoms with Crippen molar-refractivity contribution >= 4 is 5.97 Å². The number of hydrogen-bond acceptors (Lipinski definition) is 8. The molecule has 3 saturated heterocycles. The van der Waals surface area contributed by atoms with Crippen LogP contribution in [0.1, 0.15) is 182 Å². The molecular formula is C44H74O8. The van der Waals surface area contributed by atoms with Gasteiger partial charge in [-0.2, -0.15) is 0 Å². The van der Waals surface area contributed by atoms with Crippen molar-refractivity contribution in [2.75, 3.05) is 39.6 Å². The van der Waals surface area contributed by atoms with Crippen molar-refractivity contribution in [3.8, 4) is 0 Å². The van der Waals surface area contributed by atoms with Gasteiger partial charge in [0.2, 0.25) is 0 Å². The minimum absolute atomic E-state index is 0.124. The average molecular weight is 731 g/mol. The van der Waals surface area contributed by atoms with Crippen LogP contribution in [0, 0.1) is 0 Å². The molecule has 0 aromatic rings. The first kappa shape index (κ1) is 40.6. The molecule has 4 aliphatic carbocycles. The second kappa shape index (κ2) is 17.0. The zero-order valence-electron chi connectivity index (χ0n) is 33.7. The molecule has 298 valence electrons. The Morgan fingerprint density at radius 1 is 0.519 bits per heavy atom. The maximum absolute atomic E-state index is 13.3. The van der Waals surface area contributed by atoms with Gasteiger partial charge in [0.15, 0.2) is 0 Å². The number of ether oxygens (including phenoxy) is 7. The second-order valence-corrected chi connectivity index (χ2v) is 18.3. The Morgan fingerprint density at radius 3 is 1.08 bits per heavy atom. The van der Waals surface area contributed by atoms with Crippen molar-refractivity contribution in [3.05, 3.63) is 12.2 Å². The summed E-state index contributed by atoms with van der Waals surface area (Å²) < 4.78 is 45.6. The molecule has 3 unspecified atom stereocenters. The van der Waals surface area contributed by atoms with Crippen LogP contribution in [0.4, 0.5) is 0 Å². The van der Waals surface area contributed by atoms with Crippen molar-refractivity contribution in [1.82, 2.24) is 0 Å². The maximum atomic E-state index is 13.3. The van der Waals surface area contributed by atoms with Gasteiger partial charge in [0.25, 0.3) is 0 Å². The largest absolute Gasteiger partial charge is 0.455 e.